The van der Waals surface area contributed by atoms with Crippen LogP contribution in [0.1, 0.15) is 38.2 Å². The first-order valence-electron chi connectivity index (χ1n) is 7.30. The summed E-state index contributed by atoms with van der Waals surface area (Å²) in [4.78, 5) is 5.11. The lowest BCUT2D eigenvalue weighted by atomic mass is 10.1. The van der Waals surface area contributed by atoms with Crippen LogP contribution in [0.5, 0.6) is 0 Å². The zero-order valence-corrected chi connectivity index (χ0v) is 13.8. The maximum Gasteiger partial charge on any atom is 0.127 e. The molecule has 2 aromatic rings. The predicted molar refractivity (Wildman–Crippen MR) is 83.3 cm³/mol. The minimum atomic E-state index is -0.591. The van der Waals surface area contributed by atoms with E-state index in [9.17, 15) is 13.9 Å². The zero-order chi connectivity index (χ0) is 16.3. The average molecular weight is 326 g/mol. The van der Waals surface area contributed by atoms with E-state index in [1.54, 1.807) is 0 Å². The van der Waals surface area contributed by atoms with Crippen LogP contribution < -0.4 is 0 Å². The molecule has 0 aliphatic heterocycles. The number of rotatable bonds is 6. The van der Waals surface area contributed by atoms with E-state index in [-0.39, 0.29) is 12.5 Å². The third kappa shape index (κ3) is 3.67. The molecule has 0 saturated carbocycles. The smallest absolute Gasteiger partial charge is 0.127 e. The molecule has 0 aliphatic carbocycles. The fourth-order valence-corrected chi connectivity index (χ4v) is 3.60. The minimum Gasteiger partial charge on any atom is -0.396 e. The summed E-state index contributed by atoms with van der Waals surface area (Å²) in [5, 5.41) is 10.1. The van der Waals surface area contributed by atoms with Crippen LogP contribution in [0.3, 0.4) is 0 Å². The van der Waals surface area contributed by atoms with Crippen LogP contribution in [0.15, 0.2) is 28.1 Å². The van der Waals surface area contributed by atoms with E-state index >= 15 is 0 Å². The van der Waals surface area contributed by atoms with Crippen molar-refractivity contribution in [3.8, 4) is 0 Å². The third-order valence-electron chi connectivity index (χ3n) is 3.27. The number of aliphatic hydroxyl groups is 1. The fraction of sp³-hybridized carbons (Fsp3) is 0.438. The van der Waals surface area contributed by atoms with Crippen molar-refractivity contribution in [1.82, 2.24) is 9.55 Å². The molecular formula is C16H20F2N2OS. The molecule has 0 amide bonds. The Morgan fingerprint density at radius 3 is 2.36 bits per heavy atom. The summed E-state index contributed by atoms with van der Waals surface area (Å²) >= 11 is 1.31. The molecule has 1 aromatic carbocycles. The maximum absolute atomic E-state index is 13.4. The molecule has 2 rings (SSSR count). The molecule has 0 atom stereocenters. The summed E-state index contributed by atoms with van der Waals surface area (Å²) in [6.45, 7) is 6.76. The van der Waals surface area contributed by atoms with Crippen LogP contribution >= 0.6 is 11.8 Å². The Kier molecular flexibility index (Phi) is 5.58. The average Bonchev–Trinajstić information content (AvgIpc) is 2.76. The second kappa shape index (κ2) is 7.24. The van der Waals surface area contributed by atoms with E-state index in [1.807, 2.05) is 25.3 Å². The summed E-state index contributed by atoms with van der Waals surface area (Å²) < 4.78 is 28.8. The van der Waals surface area contributed by atoms with Crippen LogP contribution in [-0.4, -0.2) is 21.3 Å². The van der Waals surface area contributed by atoms with Crippen molar-refractivity contribution in [2.45, 2.75) is 49.6 Å². The zero-order valence-electron chi connectivity index (χ0n) is 12.9. The predicted octanol–water partition coefficient (Wildman–Crippen LogP) is 3.99. The Labute approximate surface area is 133 Å². The first-order chi connectivity index (χ1) is 10.5. The van der Waals surface area contributed by atoms with Gasteiger partial charge in [0, 0.05) is 23.9 Å². The van der Waals surface area contributed by atoms with Gasteiger partial charge < -0.3 is 9.67 Å². The second-order valence-corrected chi connectivity index (χ2v) is 6.36. The number of hydrogen-bond donors (Lipinski definition) is 1. The molecule has 6 heteroatoms. The van der Waals surface area contributed by atoms with Gasteiger partial charge >= 0.3 is 0 Å². The first kappa shape index (κ1) is 17.0. The van der Waals surface area contributed by atoms with Crippen molar-refractivity contribution in [3.05, 3.63) is 41.4 Å². The number of benzene rings is 1. The van der Waals surface area contributed by atoms with Crippen molar-refractivity contribution < 1.29 is 13.9 Å². The lowest BCUT2D eigenvalue weighted by Gasteiger charge is -2.11. The molecule has 0 fully saturated rings. The quantitative estimate of drug-likeness (QED) is 0.872. The van der Waals surface area contributed by atoms with E-state index in [0.717, 1.165) is 22.6 Å². The SMILES string of the molecule is CCn1c(CCO)nc(C(C)C)c1Sc1cc(F)cc(F)c1. The highest BCUT2D eigenvalue weighted by Crippen LogP contribution is 2.35. The first-order valence-corrected chi connectivity index (χ1v) is 8.12. The molecule has 1 aromatic heterocycles. The van der Waals surface area contributed by atoms with Crippen LogP contribution in [0.25, 0.3) is 0 Å². The Morgan fingerprint density at radius 2 is 1.86 bits per heavy atom. The highest BCUT2D eigenvalue weighted by molar-refractivity contribution is 7.99. The van der Waals surface area contributed by atoms with Crippen molar-refractivity contribution in [3.63, 3.8) is 0 Å². The Morgan fingerprint density at radius 1 is 1.23 bits per heavy atom. The highest BCUT2D eigenvalue weighted by atomic mass is 32.2. The van der Waals surface area contributed by atoms with E-state index in [0.29, 0.717) is 17.9 Å². The molecule has 22 heavy (non-hydrogen) atoms. The summed E-state index contributed by atoms with van der Waals surface area (Å²) in [6, 6.07) is 3.49. The lowest BCUT2D eigenvalue weighted by Crippen LogP contribution is -2.05. The molecule has 0 spiro atoms. The summed E-state index contributed by atoms with van der Waals surface area (Å²) in [5.74, 6) is -0.197. The van der Waals surface area contributed by atoms with Crippen molar-refractivity contribution in [2.24, 2.45) is 0 Å². The van der Waals surface area contributed by atoms with Gasteiger partial charge in [0.2, 0.25) is 0 Å². The highest BCUT2D eigenvalue weighted by Gasteiger charge is 2.19. The lowest BCUT2D eigenvalue weighted by molar-refractivity contribution is 0.294. The Bertz CT molecular complexity index is 636. The number of hydrogen-bond acceptors (Lipinski definition) is 3. The number of imidazole rings is 1. The summed E-state index contributed by atoms with van der Waals surface area (Å²) in [6.07, 6.45) is 0.464. The molecule has 0 unspecified atom stereocenters. The van der Waals surface area contributed by atoms with Crippen LogP contribution in [-0.2, 0) is 13.0 Å². The van der Waals surface area contributed by atoms with Gasteiger partial charge in [0.1, 0.15) is 22.5 Å². The molecular weight excluding hydrogens is 306 g/mol. The normalized spacial score (nSPS) is 11.4. The minimum absolute atomic E-state index is 0.0211. The fourth-order valence-electron chi connectivity index (χ4n) is 2.30. The molecule has 3 nitrogen and oxygen atoms in total. The van der Waals surface area contributed by atoms with Crippen molar-refractivity contribution >= 4 is 11.8 Å². The van der Waals surface area contributed by atoms with Gasteiger partial charge in [-0.05, 0) is 25.0 Å². The Hall–Kier alpha value is -1.40. The molecule has 0 aliphatic rings. The van der Waals surface area contributed by atoms with Gasteiger partial charge in [-0.15, -0.1) is 0 Å². The third-order valence-corrected chi connectivity index (χ3v) is 4.37. The number of aromatic nitrogens is 2. The van der Waals surface area contributed by atoms with Crippen LogP contribution in [0, 0.1) is 11.6 Å². The molecule has 1 heterocycles. The molecule has 120 valence electrons. The van der Waals surface area contributed by atoms with Crippen LogP contribution in [0.2, 0.25) is 0 Å². The molecule has 0 bridgehead atoms. The van der Waals surface area contributed by atoms with Crippen LogP contribution in [0.4, 0.5) is 8.78 Å². The Balaban J connectivity index is 2.47. The second-order valence-electron chi connectivity index (χ2n) is 5.30. The van der Waals surface area contributed by atoms with E-state index in [2.05, 4.69) is 4.98 Å². The summed E-state index contributed by atoms with van der Waals surface area (Å²) in [7, 11) is 0. The number of aliphatic hydroxyl groups excluding tert-OH is 1. The van der Waals surface area contributed by atoms with Gasteiger partial charge in [0.05, 0.1) is 12.3 Å². The standard InChI is InChI=1S/C16H20F2N2OS/c1-4-20-14(5-6-21)19-15(10(2)3)16(20)22-13-8-11(17)7-12(18)9-13/h7-10,21H,4-6H2,1-3H3. The van der Waals surface area contributed by atoms with Crippen molar-refractivity contribution in [2.75, 3.05) is 6.61 Å². The number of halogens is 2. The van der Waals surface area contributed by atoms with Gasteiger partial charge in [-0.3, -0.25) is 0 Å². The van der Waals surface area contributed by atoms with Crippen molar-refractivity contribution in [1.29, 1.82) is 0 Å². The number of nitrogens with zero attached hydrogens (tertiary/aromatic N) is 2. The largest absolute Gasteiger partial charge is 0.396 e. The van der Waals surface area contributed by atoms with E-state index in [4.69, 9.17) is 0 Å². The molecule has 0 saturated heterocycles. The van der Waals surface area contributed by atoms with Gasteiger partial charge in [-0.2, -0.15) is 0 Å². The van der Waals surface area contributed by atoms with E-state index < -0.39 is 11.6 Å². The molecule has 1 N–H and O–H groups in total. The van der Waals surface area contributed by atoms with Gasteiger partial charge in [-0.25, -0.2) is 13.8 Å². The monoisotopic (exact) mass is 326 g/mol. The molecule has 0 radical (unpaired) electrons. The topological polar surface area (TPSA) is 38.0 Å². The van der Waals surface area contributed by atoms with E-state index in [1.165, 1.54) is 23.9 Å². The summed E-state index contributed by atoms with van der Waals surface area (Å²) in [5.41, 5.74) is 0.889. The van der Waals surface area contributed by atoms with Gasteiger partial charge in [0.25, 0.3) is 0 Å². The van der Waals surface area contributed by atoms with Gasteiger partial charge in [-0.1, -0.05) is 25.6 Å². The van der Waals surface area contributed by atoms with Gasteiger partial charge in [0.15, 0.2) is 0 Å². The maximum atomic E-state index is 13.4.